The van der Waals surface area contributed by atoms with Crippen molar-refractivity contribution >= 4 is 17.3 Å². The molecule has 1 aromatic rings. The minimum atomic E-state index is -0.623. The van der Waals surface area contributed by atoms with Gasteiger partial charge in [-0.2, -0.15) is 0 Å². The minimum absolute atomic E-state index is 0.534. The van der Waals surface area contributed by atoms with Crippen LogP contribution in [0, 0.1) is 0 Å². The topological polar surface area (TPSA) is 39.6 Å². The van der Waals surface area contributed by atoms with Gasteiger partial charge in [-0.3, -0.25) is 4.90 Å². The number of hydrogen-bond acceptors (Lipinski definition) is 4. The Hall–Kier alpha value is -0.840. The molecular weight excluding hydrogens is 250 g/mol. The average molecular weight is 270 g/mol. The van der Waals surface area contributed by atoms with E-state index in [1.54, 1.807) is 6.20 Å². The Morgan fingerprint density at radius 3 is 2.56 bits per heavy atom. The summed E-state index contributed by atoms with van der Waals surface area (Å²) in [4.78, 5) is 8.58. The number of anilines is 1. The van der Waals surface area contributed by atoms with Crippen molar-refractivity contribution in [3.05, 3.63) is 23.5 Å². The highest BCUT2D eigenvalue weighted by Gasteiger charge is 2.22. The Morgan fingerprint density at radius 1 is 1.33 bits per heavy atom. The molecule has 0 atom stereocenters. The molecule has 0 radical (unpaired) electrons. The molecule has 1 saturated heterocycles. The Bertz CT molecular complexity index is 397. The lowest BCUT2D eigenvalue weighted by atomic mass is 10.1. The molecule has 0 spiro atoms. The van der Waals surface area contributed by atoms with Crippen molar-refractivity contribution in [1.82, 2.24) is 9.88 Å². The predicted octanol–water partition coefficient (Wildman–Crippen LogP) is 1.63. The Balaban J connectivity index is 1.91. The molecule has 1 N–H and O–H groups in total. The molecule has 2 rings (SSSR count). The highest BCUT2D eigenvalue weighted by atomic mass is 35.5. The van der Waals surface area contributed by atoms with Gasteiger partial charge < -0.3 is 10.0 Å². The Kier molecular flexibility index (Phi) is 4.10. The molecule has 0 amide bonds. The smallest absolute Gasteiger partial charge is 0.131 e. The third-order valence-corrected chi connectivity index (χ3v) is 3.26. The summed E-state index contributed by atoms with van der Waals surface area (Å²) in [6.45, 7) is 8.25. The zero-order chi connectivity index (χ0) is 13.2. The van der Waals surface area contributed by atoms with Crippen molar-refractivity contribution < 1.29 is 5.11 Å². The van der Waals surface area contributed by atoms with Crippen molar-refractivity contribution in [2.45, 2.75) is 19.4 Å². The van der Waals surface area contributed by atoms with Crippen molar-refractivity contribution in [3.63, 3.8) is 0 Å². The minimum Gasteiger partial charge on any atom is -0.389 e. The summed E-state index contributed by atoms with van der Waals surface area (Å²) in [6, 6.07) is 3.88. The second-order valence-electron chi connectivity index (χ2n) is 5.41. The maximum Gasteiger partial charge on any atom is 0.131 e. The van der Waals surface area contributed by atoms with Crippen LogP contribution in [0.1, 0.15) is 13.8 Å². The first-order valence-corrected chi connectivity index (χ1v) is 6.63. The van der Waals surface area contributed by atoms with E-state index in [0.29, 0.717) is 5.15 Å². The van der Waals surface area contributed by atoms with Crippen LogP contribution in [0.2, 0.25) is 5.15 Å². The number of hydrogen-bond donors (Lipinski definition) is 1. The van der Waals surface area contributed by atoms with Crippen LogP contribution >= 0.6 is 11.6 Å². The molecule has 2 heterocycles. The quantitative estimate of drug-likeness (QED) is 0.847. The van der Waals surface area contributed by atoms with E-state index in [1.165, 1.54) is 0 Å². The van der Waals surface area contributed by atoms with Crippen LogP contribution in [0.5, 0.6) is 0 Å². The molecule has 1 aliphatic heterocycles. The van der Waals surface area contributed by atoms with Crippen LogP contribution in [0.4, 0.5) is 5.69 Å². The Labute approximate surface area is 113 Å². The highest BCUT2D eigenvalue weighted by molar-refractivity contribution is 6.29. The lowest BCUT2D eigenvalue weighted by Crippen LogP contribution is -2.50. The van der Waals surface area contributed by atoms with Gasteiger partial charge >= 0.3 is 0 Å². The second-order valence-corrected chi connectivity index (χ2v) is 5.80. The zero-order valence-corrected chi connectivity index (χ0v) is 11.7. The van der Waals surface area contributed by atoms with Gasteiger partial charge in [0.2, 0.25) is 0 Å². The van der Waals surface area contributed by atoms with Crippen molar-refractivity contribution in [2.75, 3.05) is 37.6 Å². The highest BCUT2D eigenvalue weighted by Crippen LogP contribution is 2.19. The number of halogens is 1. The third-order valence-electron chi connectivity index (χ3n) is 3.06. The van der Waals surface area contributed by atoms with Gasteiger partial charge in [0, 0.05) is 44.6 Å². The summed E-state index contributed by atoms with van der Waals surface area (Å²) in [7, 11) is 0. The van der Waals surface area contributed by atoms with Crippen molar-refractivity contribution in [2.24, 2.45) is 0 Å². The van der Waals surface area contributed by atoms with Crippen LogP contribution < -0.4 is 4.90 Å². The third kappa shape index (κ3) is 3.83. The fraction of sp³-hybridized carbons (Fsp3) is 0.615. The van der Waals surface area contributed by atoms with Crippen LogP contribution in [-0.4, -0.2) is 53.3 Å². The van der Waals surface area contributed by atoms with E-state index in [0.717, 1.165) is 38.4 Å². The van der Waals surface area contributed by atoms with Gasteiger partial charge in [-0.05, 0) is 26.0 Å². The van der Waals surface area contributed by atoms with Crippen LogP contribution in [-0.2, 0) is 0 Å². The number of nitrogens with zero attached hydrogens (tertiary/aromatic N) is 3. The van der Waals surface area contributed by atoms with E-state index in [1.807, 2.05) is 26.0 Å². The predicted molar refractivity (Wildman–Crippen MR) is 74.2 cm³/mol. The Morgan fingerprint density at radius 2 is 2.00 bits per heavy atom. The molecule has 1 fully saturated rings. The fourth-order valence-corrected chi connectivity index (χ4v) is 2.47. The molecule has 18 heavy (non-hydrogen) atoms. The van der Waals surface area contributed by atoms with E-state index in [2.05, 4.69) is 14.8 Å². The molecule has 1 aliphatic rings. The molecule has 5 heteroatoms. The number of piperazine rings is 1. The van der Waals surface area contributed by atoms with Crippen molar-refractivity contribution in [3.8, 4) is 0 Å². The van der Waals surface area contributed by atoms with Crippen molar-refractivity contribution in [1.29, 1.82) is 0 Å². The summed E-state index contributed by atoms with van der Waals surface area (Å²) in [5.41, 5.74) is 0.500. The molecule has 0 aromatic carbocycles. The number of aromatic nitrogens is 1. The summed E-state index contributed by atoms with van der Waals surface area (Å²) in [5.74, 6) is 0. The fourth-order valence-electron chi connectivity index (χ4n) is 2.30. The maximum absolute atomic E-state index is 9.81. The molecular formula is C13H20ClN3O. The number of pyridine rings is 1. The van der Waals surface area contributed by atoms with E-state index >= 15 is 0 Å². The van der Waals surface area contributed by atoms with Crippen LogP contribution in [0.25, 0.3) is 0 Å². The van der Waals surface area contributed by atoms with Crippen LogP contribution in [0.3, 0.4) is 0 Å². The van der Waals surface area contributed by atoms with Crippen LogP contribution in [0.15, 0.2) is 18.3 Å². The van der Waals surface area contributed by atoms with Gasteiger partial charge in [-0.1, -0.05) is 11.6 Å². The summed E-state index contributed by atoms with van der Waals surface area (Å²) < 4.78 is 0. The lowest BCUT2D eigenvalue weighted by Gasteiger charge is -2.38. The second kappa shape index (κ2) is 5.43. The van der Waals surface area contributed by atoms with E-state index in [4.69, 9.17) is 11.6 Å². The first kappa shape index (κ1) is 13.6. The number of rotatable bonds is 3. The van der Waals surface area contributed by atoms with Gasteiger partial charge in [0.1, 0.15) is 5.15 Å². The van der Waals surface area contributed by atoms with Gasteiger partial charge in [0.25, 0.3) is 0 Å². The molecule has 1 aromatic heterocycles. The molecule has 100 valence electrons. The SMILES string of the molecule is CC(C)(O)CN1CCN(c2ccnc(Cl)c2)CC1. The summed E-state index contributed by atoms with van der Waals surface area (Å²) >= 11 is 5.90. The number of β-amino-alcohol motifs (C(OH)–C–C–N with tert-alkyl or cyclic N) is 1. The maximum atomic E-state index is 9.81. The summed E-state index contributed by atoms with van der Waals surface area (Å²) in [5, 5.41) is 10.3. The van der Waals surface area contributed by atoms with Gasteiger partial charge in [-0.15, -0.1) is 0 Å². The average Bonchev–Trinajstić information content (AvgIpc) is 2.28. The standard InChI is InChI=1S/C13H20ClN3O/c1-13(2,18)10-16-5-7-17(8-6-16)11-3-4-15-12(14)9-11/h3-4,9,18H,5-8,10H2,1-2H3. The molecule has 4 nitrogen and oxygen atoms in total. The molecule has 0 unspecified atom stereocenters. The van der Waals surface area contributed by atoms with Gasteiger partial charge in [0.05, 0.1) is 5.60 Å². The molecule has 0 aliphatic carbocycles. The van der Waals surface area contributed by atoms with Gasteiger partial charge in [-0.25, -0.2) is 4.98 Å². The largest absolute Gasteiger partial charge is 0.389 e. The molecule has 0 bridgehead atoms. The normalized spacial score (nSPS) is 18.1. The lowest BCUT2D eigenvalue weighted by molar-refractivity contribution is 0.0345. The summed E-state index contributed by atoms with van der Waals surface area (Å²) in [6.07, 6.45) is 1.74. The monoisotopic (exact) mass is 269 g/mol. The van der Waals surface area contributed by atoms with E-state index in [-0.39, 0.29) is 0 Å². The first-order chi connectivity index (χ1) is 8.44. The van der Waals surface area contributed by atoms with E-state index in [9.17, 15) is 5.11 Å². The number of aliphatic hydroxyl groups is 1. The zero-order valence-electron chi connectivity index (χ0n) is 10.9. The van der Waals surface area contributed by atoms with Gasteiger partial charge in [0.15, 0.2) is 0 Å². The van der Waals surface area contributed by atoms with E-state index < -0.39 is 5.60 Å². The molecule has 0 saturated carbocycles. The first-order valence-electron chi connectivity index (χ1n) is 6.25.